The van der Waals surface area contributed by atoms with E-state index in [9.17, 15) is 13.2 Å². The number of aliphatic hydroxyl groups excluding tert-OH is 1. The first-order valence-electron chi connectivity index (χ1n) is 7.88. The predicted octanol–water partition coefficient (Wildman–Crippen LogP) is 2.10. The van der Waals surface area contributed by atoms with E-state index in [1.807, 2.05) is 13.8 Å². The Hall–Kier alpha value is -2.22. The summed E-state index contributed by atoms with van der Waals surface area (Å²) in [5.41, 5.74) is 3.16. The topological polar surface area (TPSA) is 95.5 Å². The molecule has 0 fully saturated rings. The molecule has 0 aliphatic carbocycles. The van der Waals surface area contributed by atoms with Crippen molar-refractivity contribution in [3.63, 3.8) is 0 Å². The van der Waals surface area contributed by atoms with Crippen LogP contribution in [-0.4, -0.2) is 26.0 Å². The van der Waals surface area contributed by atoms with Crippen LogP contribution in [0.2, 0.25) is 0 Å². The summed E-state index contributed by atoms with van der Waals surface area (Å²) in [5.74, 6) is -0.308. The van der Waals surface area contributed by atoms with Crippen molar-refractivity contribution in [1.82, 2.24) is 4.72 Å². The fourth-order valence-corrected chi connectivity index (χ4v) is 3.35. The van der Waals surface area contributed by atoms with Crippen molar-refractivity contribution in [2.75, 3.05) is 11.9 Å². The van der Waals surface area contributed by atoms with Gasteiger partial charge in [-0.15, -0.1) is 0 Å². The quantitative estimate of drug-likeness (QED) is 0.703. The van der Waals surface area contributed by atoms with Crippen LogP contribution in [0.15, 0.2) is 47.4 Å². The SMILES string of the molecule is Cc1ccc(S(=O)(=O)NCCC(=O)Nc2cccc(CO)c2)cc1C. The first-order chi connectivity index (χ1) is 11.8. The molecule has 0 atom stereocenters. The van der Waals surface area contributed by atoms with Gasteiger partial charge >= 0.3 is 0 Å². The Morgan fingerprint density at radius 1 is 1.08 bits per heavy atom. The maximum atomic E-state index is 12.2. The second kappa shape index (κ2) is 8.24. The summed E-state index contributed by atoms with van der Waals surface area (Å²) in [4.78, 5) is 12.1. The summed E-state index contributed by atoms with van der Waals surface area (Å²) < 4.78 is 26.9. The van der Waals surface area contributed by atoms with E-state index in [0.29, 0.717) is 11.3 Å². The molecule has 0 unspecified atom stereocenters. The standard InChI is InChI=1S/C18H22N2O4S/c1-13-6-7-17(10-14(13)2)25(23,24)19-9-8-18(22)20-16-5-3-4-15(11-16)12-21/h3-7,10-11,19,21H,8-9,12H2,1-2H3,(H,20,22). The first kappa shape index (κ1) is 19.1. The number of sulfonamides is 1. The van der Waals surface area contributed by atoms with Crippen molar-refractivity contribution in [1.29, 1.82) is 0 Å². The van der Waals surface area contributed by atoms with Gasteiger partial charge in [0.2, 0.25) is 15.9 Å². The van der Waals surface area contributed by atoms with Gasteiger partial charge in [-0.3, -0.25) is 4.79 Å². The van der Waals surface area contributed by atoms with E-state index in [0.717, 1.165) is 11.1 Å². The molecule has 0 radical (unpaired) electrons. The summed E-state index contributed by atoms with van der Waals surface area (Å²) in [7, 11) is -3.64. The molecular formula is C18H22N2O4S. The Bertz CT molecular complexity index is 863. The van der Waals surface area contributed by atoms with E-state index in [-0.39, 0.29) is 30.4 Å². The lowest BCUT2D eigenvalue weighted by molar-refractivity contribution is -0.116. The highest BCUT2D eigenvalue weighted by molar-refractivity contribution is 7.89. The number of rotatable bonds is 7. The monoisotopic (exact) mass is 362 g/mol. The summed E-state index contributed by atoms with van der Waals surface area (Å²) in [5, 5.41) is 11.8. The second-order valence-corrected chi connectivity index (χ2v) is 7.57. The van der Waals surface area contributed by atoms with E-state index >= 15 is 0 Å². The molecule has 0 spiro atoms. The lowest BCUT2D eigenvalue weighted by Crippen LogP contribution is -2.28. The zero-order valence-electron chi connectivity index (χ0n) is 14.2. The molecule has 3 N–H and O–H groups in total. The Labute approximate surface area is 147 Å². The van der Waals surface area contributed by atoms with Crippen LogP contribution in [0, 0.1) is 13.8 Å². The number of benzene rings is 2. The predicted molar refractivity (Wildman–Crippen MR) is 96.7 cm³/mol. The number of anilines is 1. The number of nitrogens with one attached hydrogen (secondary N) is 2. The van der Waals surface area contributed by atoms with Gasteiger partial charge in [0.05, 0.1) is 11.5 Å². The minimum Gasteiger partial charge on any atom is -0.392 e. The number of aryl methyl sites for hydroxylation is 2. The summed E-state index contributed by atoms with van der Waals surface area (Å²) in [6, 6.07) is 11.7. The maximum absolute atomic E-state index is 12.2. The van der Waals surface area contributed by atoms with Crippen LogP contribution in [0.1, 0.15) is 23.1 Å². The van der Waals surface area contributed by atoms with Gasteiger partial charge < -0.3 is 10.4 Å². The molecule has 134 valence electrons. The molecule has 6 nitrogen and oxygen atoms in total. The van der Waals surface area contributed by atoms with Gasteiger partial charge in [0.1, 0.15) is 0 Å². The third-order valence-corrected chi connectivity index (χ3v) is 5.28. The molecule has 1 amide bonds. The number of aliphatic hydroxyl groups is 1. The van der Waals surface area contributed by atoms with Crippen LogP contribution in [0.3, 0.4) is 0 Å². The van der Waals surface area contributed by atoms with Crippen LogP contribution in [-0.2, 0) is 21.4 Å². The highest BCUT2D eigenvalue weighted by Gasteiger charge is 2.15. The first-order valence-corrected chi connectivity index (χ1v) is 9.37. The van der Waals surface area contributed by atoms with Gasteiger partial charge in [-0.1, -0.05) is 18.2 Å². The van der Waals surface area contributed by atoms with Crippen LogP contribution >= 0.6 is 0 Å². The number of carbonyl (C=O) groups is 1. The Morgan fingerprint density at radius 2 is 1.84 bits per heavy atom. The van der Waals surface area contributed by atoms with E-state index in [1.54, 1.807) is 42.5 Å². The van der Waals surface area contributed by atoms with Gasteiger partial charge in [0.25, 0.3) is 0 Å². The Morgan fingerprint density at radius 3 is 2.52 bits per heavy atom. The average molecular weight is 362 g/mol. The average Bonchev–Trinajstić information content (AvgIpc) is 2.57. The molecule has 0 aromatic heterocycles. The highest BCUT2D eigenvalue weighted by Crippen LogP contribution is 2.14. The second-order valence-electron chi connectivity index (χ2n) is 5.80. The fraction of sp³-hybridized carbons (Fsp3) is 0.278. The van der Waals surface area contributed by atoms with Crippen molar-refractivity contribution >= 4 is 21.6 Å². The van der Waals surface area contributed by atoms with Gasteiger partial charge in [-0.25, -0.2) is 13.1 Å². The van der Waals surface area contributed by atoms with Crippen LogP contribution in [0.4, 0.5) is 5.69 Å². The molecule has 0 saturated carbocycles. The Balaban J connectivity index is 1.90. The summed E-state index contributed by atoms with van der Waals surface area (Å²) >= 11 is 0. The van der Waals surface area contributed by atoms with Crippen molar-refractivity contribution in [2.24, 2.45) is 0 Å². The number of amides is 1. The lowest BCUT2D eigenvalue weighted by atomic mass is 10.1. The normalized spacial score (nSPS) is 11.3. The van der Waals surface area contributed by atoms with Gasteiger partial charge in [-0.2, -0.15) is 0 Å². The lowest BCUT2D eigenvalue weighted by Gasteiger charge is -2.09. The van der Waals surface area contributed by atoms with Crippen LogP contribution in [0.25, 0.3) is 0 Å². The molecule has 0 aliphatic heterocycles. The van der Waals surface area contributed by atoms with Crippen LogP contribution < -0.4 is 10.0 Å². The minimum atomic E-state index is -3.64. The molecule has 0 aliphatic rings. The summed E-state index contributed by atoms with van der Waals surface area (Å²) in [6.07, 6.45) is 0.00737. The maximum Gasteiger partial charge on any atom is 0.240 e. The fourth-order valence-electron chi connectivity index (χ4n) is 2.23. The van der Waals surface area contributed by atoms with Crippen molar-refractivity contribution in [3.8, 4) is 0 Å². The number of hydrogen-bond acceptors (Lipinski definition) is 4. The molecule has 25 heavy (non-hydrogen) atoms. The highest BCUT2D eigenvalue weighted by atomic mass is 32.2. The van der Waals surface area contributed by atoms with Gasteiger partial charge in [0.15, 0.2) is 0 Å². The summed E-state index contributed by atoms with van der Waals surface area (Å²) in [6.45, 7) is 3.65. The molecule has 7 heteroatoms. The van der Waals surface area contributed by atoms with Crippen molar-refractivity contribution in [2.45, 2.75) is 31.8 Å². The molecule has 2 rings (SSSR count). The van der Waals surface area contributed by atoms with Crippen LogP contribution in [0.5, 0.6) is 0 Å². The van der Waals surface area contributed by atoms with E-state index < -0.39 is 10.0 Å². The largest absolute Gasteiger partial charge is 0.392 e. The molecular weight excluding hydrogens is 340 g/mol. The Kier molecular flexibility index (Phi) is 6.30. The minimum absolute atomic E-state index is 0.000775. The third kappa shape index (κ3) is 5.38. The molecule has 0 saturated heterocycles. The van der Waals surface area contributed by atoms with E-state index in [1.165, 1.54) is 0 Å². The zero-order chi connectivity index (χ0) is 18.4. The molecule has 0 heterocycles. The van der Waals surface area contributed by atoms with Crippen molar-refractivity contribution in [3.05, 3.63) is 59.2 Å². The molecule has 2 aromatic carbocycles. The third-order valence-electron chi connectivity index (χ3n) is 3.83. The zero-order valence-corrected chi connectivity index (χ0v) is 15.1. The van der Waals surface area contributed by atoms with E-state index in [2.05, 4.69) is 10.0 Å². The number of carbonyl (C=O) groups excluding carboxylic acids is 1. The van der Waals surface area contributed by atoms with Gasteiger partial charge in [-0.05, 0) is 54.8 Å². The van der Waals surface area contributed by atoms with E-state index in [4.69, 9.17) is 5.11 Å². The number of hydrogen-bond donors (Lipinski definition) is 3. The smallest absolute Gasteiger partial charge is 0.240 e. The molecule has 2 aromatic rings. The van der Waals surface area contributed by atoms with Crippen molar-refractivity contribution < 1.29 is 18.3 Å². The van der Waals surface area contributed by atoms with Gasteiger partial charge in [0, 0.05) is 18.7 Å². The molecule has 0 bridgehead atoms.